The monoisotopic (exact) mass is 302 g/mol. The zero-order valence-corrected chi connectivity index (χ0v) is 13.4. The maximum absolute atomic E-state index is 12.2. The summed E-state index contributed by atoms with van der Waals surface area (Å²) in [6.07, 6.45) is 5.09. The summed E-state index contributed by atoms with van der Waals surface area (Å²) >= 11 is 0. The maximum Gasteiger partial charge on any atom is 0.259 e. The fourth-order valence-corrected chi connectivity index (χ4v) is 1.97. The molecule has 0 bridgehead atoms. The molecule has 22 heavy (non-hydrogen) atoms. The lowest BCUT2D eigenvalue weighted by Gasteiger charge is -2.11. The van der Waals surface area contributed by atoms with Crippen molar-refractivity contribution in [2.75, 3.05) is 5.32 Å². The van der Waals surface area contributed by atoms with Crippen LogP contribution in [0.3, 0.4) is 0 Å². The number of aromatic nitrogens is 3. The number of carbonyl (C=O) groups is 1. The Kier molecular flexibility index (Phi) is 5.14. The summed E-state index contributed by atoms with van der Waals surface area (Å²) in [5.41, 5.74) is 0.468. The lowest BCUT2D eigenvalue weighted by molar-refractivity contribution is 0.102. The Morgan fingerprint density at radius 3 is 2.64 bits per heavy atom. The summed E-state index contributed by atoms with van der Waals surface area (Å²) in [5.74, 6) is 1.29. The molecule has 0 aromatic carbocycles. The summed E-state index contributed by atoms with van der Waals surface area (Å²) in [6, 6.07) is 3.38. The summed E-state index contributed by atoms with van der Waals surface area (Å²) in [5, 5.41) is 2.80. The highest BCUT2D eigenvalue weighted by Gasteiger charge is 2.11. The minimum atomic E-state index is -0.236. The van der Waals surface area contributed by atoms with Gasteiger partial charge in [-0.3, -0.25) is 10.1 Å². The normalized spacial score (nSPS) is 11.0. The van der Waals surface area contributed by atoms with Gasteiger partial charge in [-0.25, -0.2) is 9.97 Å². The van der Waals surface area contributed by atoms with E-state index in [-0.39, 0.29) is 12.0 Å². The molecule has 0 aliphatic carbocycles. The molecule has 1 N–H and O–H groups in total. The molecule has 0 fully saturated rings. The number of hydrogen-bond acceptors (Lipinski definition) is 4. The average molecular weight is 302 g/mol. The number of ether oxygens (including phenoxy) is 1. The van der Waals surface area contributed by atoms with Gasteiger partial charge in [0.15, 0.2) is 0 Å². The number of hydrogen-bond donors (Lipinski definition) is 1. The number of pyridine rings is 1. The van der Waals surface area contributed by atoms with Crippen molar-refractivity contribution in [2.45, 2.75) is 40.3 Å². The highest BCUT2D eigenvalue weighted by atomic mass is 16.5. The highest BCUT2D eigenvalue weighted by molar-refractivity contribution is 6.03. The lowest BCUT2D eigenvalue weighted by Crippen LogP contribution is -2.17. The van der Waals surface area contributed by atoms with Crippen LogP contribution in [0.2, 0.25) is 0 Å². The van der Waals surface area contributed by atoms with Crippen LogP contribution < -0.4 is 10.1 Å². The van der Waals surface area contributed by atoms with Gasteiger partial charge in [-0.05, 0) is 25.8 Å². The molecule has 0 saturated heterocycles. The van der Waals surface area contributed by atoms with Crippen LogP contribution in [0.5, 0.6) is 5.88 Å². The number of rotatable bonds is 6. The molecule has 0 saturated carbocycles. The van der Waals surface area contributed by atoms with Gasteiger partial charge >= 0.3 is 0 Å². The van der Waals surface area contributed by atoms with Gasteiger partial charge in [0.05, 0.1) is 11.7 Å². The van der Waals surface area contributed by atoms with Gasteiger partial charge < -0.3 is 9.30 Å². The Morgan fingerprint density at radius 2 is 2.05 bits per heavy atom. The van der Waals surface area contributed by atoms with Crippen LogP contribution in [0.4, 0.5) is 5.95 Å². The molecule has 1 amide bonds. The number of anilines is 1. The SMILES string of the molecule is CC(C)Cn1ccnc1NC(=O)c1ccc(OC(C)C)nc1. The van der Waals surface area contributed by atoms with Crippen LogP contribution in [0.1, 0.15) is 38.1 Å². The topological polar surface area (TPSA) is 69.0 Å². The predicted molar refractivity (Wildman–Crippen MR) is 85.0 cm³/mol. The molecule has 2 heterocycles. The molecular formula is C16H22N4O2. The third-order valence-corrected chi connectivity index (χ3v) is 2.86. The van der Waals surface area contributed by atoms with E-state index in [1.165, 1.54) is 6.20 Å². The van der Waals surface area contributed by atoms with Crippen molar-refractivity contribution in [3.63, 3.8) is 0 Å². The van der Waals surface area contributed by atoms with Crippen molar-refractivity contribution in [1.82, 2.24) is 14.5 Å². The molecule has 0 spiro atoms. The molecule has 2 aromatic rings. The van der Waals surface area contributed by atoms with E-state index in [0.717, 1.165) is 6.54 Å². The summed E-state index contributed by atoms with van der Waals surface area (Å²) in [7, 11) is 0. The van der Waals surface area contributed by atoms with Crippen molar-refractivity contribution in [3.05, 3.63) is 36.3 Å². The number of imidazole rings is 1. The Bertz CT molecular complexity index is 617. The largest absolute Gasteiger partial charge is 0.475 e. The molecule has 2 aromatic heterocycles. The number of nitrogens with one attached hydrogen (secondary N) is 1. The number of carbonyl (C=O) groups excluding carboxylic acids is 1. The van der Waals surface area contributed by atoms with Crippen LogP contribution >= 0.6 is 0 Å². The third-order valence-electron chi connectivity index (χ3n) is 2.86. The second-order valence-corrected chi connectivity index (χ2v) is 5.80. The van der Waals surface area contributed by atoms with Crippen LogP contribution in [0, 0.1) is 5.92 Å². The minimum absolute atomic E-state index is 0.0516. The second-order valence-electron chi connectivity index (χ2n) is 5.80. The van der Waals surface area contributed by atoms with Crippen LogP contribution in [0.15, 0.2) is 30.7 Å². The standard InChI is InChI=1S/C16H22N4O2/c1-11(2)10-20-8-7-17-16(20)19-15(21)13-5-6-14(18-9-13)22-12(3)4/h5-9,11-12H,10H2,1-4H3,(H,17,19,21). The van der Waals surface area contributed by atoms with Gasteiger partial charge in [0, 0.05) is 31.2 Å². The third kappa shape index (κ3) is 4.31. The van der Waals surface area contributed by atoms with E-state index in [2.05, 4.69) is 29.1 Å². The Labute approximate surface area is 130 Å². The average Bonchev–Trinajstić information content (AvgIpc) is 2.85. The molecule has 0 unspecified atom stereocenters. The summed E-state index contributed by atoms with van der Waals surface area (Å²) < 4.78 is 7.38. The molecule has 0 radical (unpaired) electrons. The van der Waals surface area contributed by atoms with Gasteiger partial charge in [-0.2, -0.15) is 0 Å². The first kappa shape index (κ1) is 16.0. The first-order valence-corrected chi connectivity index (χ1v) is 7.41. The first-order valence-electron chi connectivity index (χ1n) is 7.41. The van der Waals surface area contributed by atoms with Gasteiger partial charge in [0.25, 0.3) is 5.91 Å². The maximum atomic E-state index is 12.2. The first-order chi connectivity index (χ1) is 10.5. The quantitative estimate of drug-likeness (QED) is 0.890. The van der Waals surface area contributed by atoms with E-state index >= 15 is 0 Å². The van der Waals surface area contributed by atoms with Crippen LogP contribution in [-0.4, -0.2) is 26.5 Å². The zero-order chi connectivity index (χ0) is 16.1. The van der Waals surface area contributed by atoms with Gasteiger partial charge in [0.1, 0.15) is 0 Å². The van der Waals surface area contributed by atoms with E-state index in [1.54, 1.807) is 18.3 Å². The van der Waals surface area contributed by atoms with Crippen LogP contribution in [-0.2, 0) is 6.54 Å². The number of nitrogens with zero attached hydrogens (tertiary/aromatic N) is 3. The molecule has 6 nitrogen and oxygen atoms in total. The molecule has 0 atom stereocenters. The van der Waals surface area contributed by atoms with E-state index in [1.807, 2.05) is 24.6 Å². The summed E-state index contributed by atoms with van der Waals surface area (Å²) in [4.78, 5) is 20.5. The Balaban J connectivity index is 2.04. The van der Waals surface area contributed by atoms with E-state index < -0.39 is 0 Å². The second kappa shape index (κ2) is 7.06. The Hall–Kier alpha value is -2.37. The fraction of sp³-hybridized carbons (Fsp3) is 0.438. The molecule has 0 aliphatic rings. The van der Waals surface area contributed by atoms with E-state index in [4.69, 9.17) is 4.74 Å². The molecule has 0 aliphatic heterocycles. The van der Waals surface area contributed by atoms with E-state index in [9.17, 15) is 4.79 Å². The molecule has 2 rings (SSSR count). The van der Waals surface area contributed by atoms with Crippen LogP contribution in [0.25, 0.3) is 0 Å². The zero-order valence-electron chi connectivity index (χ0n) is 13.4. The van der Waals surface area contributed by atoms with Gasteiger partial charge in [0.2, 0.25) is 11.8 Å². The number of amides is 1. The molecular weight excluding hydrogens is 280 g/mol. The highest BCUT2D eigenvalue weighted by Crippen LogP contribution is 2.12. The minimum Gasteiger partial charge on any atom is -0.475 e. The van der Waals surface area contributed by atoms with E-state index in [0.29, 0.717) is 23.3 Å². The lowest BCUT2D eigenvalue weighted by atomic mass is 10.2. The van der Waals surface area contributed by atoms with Gasteiger partial charge in [-0.1, -0.05) is 13.8 Å². The molecule has 6 heteroatoms. The predicted octanol–water partition coefficient (Wildman–Crippen LogP) is 2.97. The van der Waals surface area contributed by atoms with Crippen molar-refractivity contribution >= 4 is 11.9 Å². The van der Waals surface area contributed by atoms with Crippen molar-refractivity contribution in [1.29, 1.82) is 0 Å². The van der Waals surface area contributed by atoms with Crippen molar-refractivity contribution in [2.24, 2.45) is 5.92 Å². The van der Waals surface area contributed by atoms with Gasteiger partial charge in [-0.15, -0.1) is 0 Å². The van der Waals surface area contributed by atoms with Crippen molar-refractivity contribution in [3.8, 4) is 5.88 Å². The van der Waals surface area contributed by atoms with Crippen molar-refractivity contribution < 1.29 is 9.53 Å². The molecule has 118 valence electrons. The summed E-state index contributed by atoms with van der Waals surface area (Å²) in [6.45, 7) is 8.88. The fourth-order valence-electron chi connectivity index (χ4n) is 1.97. The smallest absolute Gasteiger partial charge is 0.259 e. The Morgan fingerprint density at radius 1 is 1.27 bits per heavy atom.